The quantitative estimate of drug-likeness (QED) is 0.834. The number of carboxylic acids is 1. The van der Waals surface area contributed by atoms with E-state index in [4.69, 9.17) is 5.11 Å². The van der Waals surface area contributed by atoms with Crippen molar-refractivity contribution in [1.29, 1.82) is 0 Å². The zero-order valence-corrected chi connectivity index (χ0v) is 12.6. The average Bonchev–Trinajstić information content (AvgIpc) is 2.47. The summed E-state index contributed by atoms with van der Waals surface area (Å²) in [5.74, 6) is -1.04. The van der Waals surface area contributed by atoms with Crippen LogP contribution >= 0.6 is 0 Å². The van der Waals surface area contributed by atoms with Crippen molar-refractivity contribution in [1.82, 2.24) is 9.21 Å². The van der Waals surface area contributed by atoms with Crippen LogP contribution < -0.4 is 4.72 Å². The molecule has 0 aromatic heterocycles. The highest BCUT2D eigenvalue weighted by atomic mass is 32.2. The van der Waals surface area contributed by atoms with Crippen LogP contribution in [0.4, 0.5) is 5.69 Å². The van der Waals surface area contributed by atoms with E-state index < -0.39 is 16.2 Å². The Morgan fingerprint density at radius 1 is 1.19 bits per heavy atom. The van der Waals surface area contributed by atoms with Crippen LogP contribution in [0.1, 0.15) is 17.3 Å². The van der Waals surface area contributed by atoms with E-state index >= 15 is 0 Å². The highest BCUT2D eigenvalue weighted by molar-refractivity contribution is 7.90. The topological polar surface area (TPSA) is 90.0 Å². The predicted molar refractivity (Wildman–Crippen MR) is 79.6 cm³/mol. The van der Waals surface area contributed by atoms with Crippen LogP contribution in [0.3, 0.4) is 0 Å². The molecule has 1 aliphatic heterocycles. The molecular weight excluding hydrogens is 294 g/mol. The SMILES string of the molecule is CCN1CCN(S(=O)(=O)Nc2ccc(C(=O)O)cc2)CC1. The first-order chi connectivity index (χ1) is 9.92. The maximum atomic E-state index is 12.2. The summed E-state index contributed by atoms with van der Waals surface area (Å²) in [5, 5.41) is 8.81. The van der Waals surface area contributed by atoms with Crippen molar-refractivity contribution in [2.75, 3.05) is 37.4 Å². The molecule has 21 heavy (non-hydrogen) atoms. The summed E-state index contributed by atoms with van der Waals surface area (Å²) in [7, 11) is -3.59. The van der Waals surface area contributed by atoms with E-state index in [9.17, 15) is 13.2 Å². The number of carboxylic acid groups (broad SMARTS) is 1. The summed E-state index contributed by atoms with van der Waals surface area (Å²) >= 11 is 0. The molecule has 2 N–H and O–H groups in total. The van der Waals surface area contributed by atoms with Gasteiger partial charge in [-0.2, -0.15) is 12.7 Å². The van der Waals surface area contributed by atoms with Gasteiger partial charge < -0.3 is 10.0 Å². The molecule has 0 bridgehead atoms. The lowest BCUT2D eigenvalue weighted by molar-refractivity contribution is 0.0697. The highest BCUT2D eigenvalue weighted by Gasteiger charge is 2.26. The standard InChI is InChI=1S/C13H19N3O4S/c1-2-15-7-9-16(10-8-15)21(19,20)14-12-5-3-11(4-6-12)13(17)18/h3-6,14H,2,7-10H2,1H3,(H,17,18). The normalized spacial score (nSPS) is 17.6. The van der Waals surface area contributed by atoms with E-state index in [1.807, 2.05) is 6.92 Å². The number of carbonyl (C=O) groups is 1. The Morgan fingerprint density at radius 2 is 1.76 bits per heavy atom. The average molecular weight is 313 g/mol. The lowest BCUT2D eigenvalue weighted by atomic mass is 10.2. The number of nitrogens with zero attached hydrogens (tertiary/aromatic N) is 2. The van der Waals surface area contributed by atoms with Crippen LogP contribution in [0.15, 0.2) is 24.3 Å². The number of hydrogen-bond acceptors (Lipinski definition) is 4. The fraction of sp³-hybridized carbons (Fsp3) is 0.462. The van der Waals surface area contributed by atoms with Crippen molar-refractivity contribution in [3.63, 3.8) is 0 Å². The molecular formula is C13H19N3O4S. The molecule has 2 rings (SSSR count). The van der Waals surface area contributed by atoms with E-state index in [-0.39, 0.29) is 5.56 Å². The Labute approximate surface area is 124 Å². The zero-order chi connectivity index (χ0) is 15.5. The van der Waals surface area contributed by atoms with Crippen LogP contribution in [0.5, 0.6) is 0 Å². The molecule has 1 aromatic carbocycles. The third-order valence-electron chi connectivity index (χ3n) is 3.50. The molecule has 0 radical (unpaired) electrons. The minimum Gasteiger partial charge on any atom is -0.478 e. The predicted octanol–water partition coefficient (Wildman–Crippen LogP) is 0.679. The van der Waals surface area contributed by atoms with Gasteiger partial charge in [0.2, 0.25) is 0 Å². The van der Waals surface area contributed by atoms with E-state index in [0.29, 0.717) is 18.8 Å². The molecule has 0 amide bonds. The summed E-state index contributed by atoms with van der Waals surface area (Å²) in [5.41, 5.74) is 0.479. The lowest BCUT2D eigenvalue weighted by Gasteiger charge is -2.33. The minimum absolute atomic E-state index is 0.120. The monoisotopic (exact) mass is 313 g/mol. The summed E-state index contributed by atoms with van der Waals surface area (Å²) in [6, 6.07) is 5.64. The van der Waals surface area contributed by atoms with Gasteiger partial charge in [-0.15, -0.1) is 0 Å². The minimum atomic E-state index is -3.59. The molecule has 116 valence electrons. The van der Waals surface area contributed by atoms with Crippen molar-refractivity contribution >= 4 is 21.9 Å². The van der Waals surface area contributed by atoms with Gasteiger partial charge >= 0.3 is 16.2 Å². The first kappa shape index (κ1) is 15.7. The molecule has 8 heteroatoms. The Balaban J connectivity index is 2.02. The van der Waals surface area contributed by atoms with Gasteiger partial charge in [0.1, 0.15) is 0 Å². The fourth-order valence-corrected chi connectivity index (χ4v) is 3.39. The van der Waals surface area contributed by atoms with Crippen molar-refractivity contribution in [2.45, 2.75) is 6.92 Å². The summed E-state index contributed by atoms with van der Waals surface area (Å²) < 4.78 is 28.4. The second-order valence-electron chi connectivity index (χ2n) is 4.82. The van der Waals surface area contributed by atoms with Gasteiger partial charge in [-0.25, -0.2) is 4.79 Å². The van der Waals surface area contributed by atoms with E-state index in [1.165, 1.54) is 28.6 Å². The summed E-state index contributed by atoms with van der Waals surface area (Å²) in [4.78, 5) is 12.9. The largest absolute Gasteiger partial charge is 0.478 e. The van der Waals surface area contributed by atoms with Gasteiger partial charge in [-0.3, -0.25) is 4.72 Å². The number of aromatic carboxylic acids is 1. The number of benzene rings is 1. The Kier molecular flexibility index (Phi) is 4.81. The molecule has 0 spiro atoms. The molecule has 0 atom stereocenters. The van der Waals surface area contributed by atoms with Crippen molar-refractivity contribution in [2.24, 2.45) is 0 Å². The number of rotatable bonds is 5. The summed E-state index contributed by atoms with van der Waals surface area (Å²) in [6.07, 6.45) is 0. The molecule has 0 aliphatic carbocycles. The molecule has 1 fully saturated rings. The second kappa shape index (κ2) is 6.42. The second-order valence-corrected chi connectivity index (χ2v) is 6.49. The molecule has 1 saturated heterocycles. The van der Waals surface area contributed by atoms with Gasteiger partial charge in [0.15, 0.2) is 0 Å². The van der Waals surface area contributed by atoms with E-state index in [0.717, 1.165) is 19.6 Å². The van der Waals surface area contributed by atoms with Crippen LogP contribution in [-0.4, -0.2) is 61.4 Å². The third-order valence-corrected chi connectivity index (χ3v) is 5.04. The zero-order valence-electron chi connectivity index (χ0n) is 11.8. The van der Waals surface area contributed by atoms with E-state index in [1.54, 1.807) is 0 Å². The molecule has 1 heterocycles. The fourth-order valence-electron chi connectivity index (χ4n) is 2.18. The molecule has 0 unspecified atom stereocenters. The Morgan fingerprint density at radius 3 is 2.24 bits per heavy atom. The van der Waals surface area contributed by atoms with Crippen LogP contribution in [0.2, 0.25) is 0 Å². The highest BCUT2D eigenvalue weighted by Crippen LogP contribution is 2.14. The maximum absolute atomic E-state index is 12.2. The number of hydrogen-bond donors (Lipinski definition) is 2. The van der Waals surface area contributed by atoms with Crippen LogP contribution in [-0.2, 0) is 10.2 Å². The maximum Gasteiger partial charge on any atom is 0.335 e. The first-order valence-electron chi connectivity index (χ1n) is 6.76. The number of nitrogens with one attached hydrogen (secondary N) is 1. The lowest BCUT2D eigenvalue weighted by Crippen LogP contribution is -2.50. The number of likely N-dealkylation sites (N-methyl/N-ethyl adjacent to an activating group) is 1. The molecule has 0 saturated carbocycles. The van der Waals surface area contributed by atoms with Crippen LogP contribution in [0.25, 0.3) is 0 Å². The van der Waals surface area contributed by atoms with Gasteiger partial charge in [0, 0.05) is 31.9 Å². The van der Waals surface area contributed by atoms with Gasteiger partial charge in [0.25, 0.3) is 0 Å². The molecule has 1 aliphatic rings. The Bertz CT molecular complexity index is 592. The Hall–Kier alpha value is -1.64. The van der Waals surface area contributed by atoms with Gasteiger partial charge in [-0.05, 0) is 30.8 Å². The van der Waals surface area contributed by atoms with Crippen molar-refractivity contribution in [3.05, 3.63) is 29.8 Å². The van der Waals surface area contributed by atoms with Gasteiger partial charge in [-0.1, -0.05) is 6.92 Å². The van der Waals surface area contributed by atoms with E-state index in [2.05, 4.69) is 9.62 Å². The molecule has 1 aromatic rings. The van der Waals surface area contributed by atoms with Crippen molar-refractivity contribution in [3.8, 4) is 0 Å². The summed E-state index contributed by atoms with van der Waals surface area (Å²) in [6.45, 7) is 5.31. The third kappa shape index (κ3) is 3.93. The van der Waals surface area contributed by atoms with Crippen LogP contribution in [0, 0.1) is 0 Å². The van der Waals surface area contributed by atoms with Crippen molar-refractivity contribution < 1.29 is 18.3 Å². The number of anilines is 1. The molecule has 7 nitrogen and oxygen atoms in total. The smallest absolute Gasteiger partial charge is 0.335 e. The first-order valence-corrected chi connectivity index (χ1v) is 8.20. The van der Waals surface area contributed by atoms with Gasteiger partial charge in [0.05, 0.1) is 5.56 Å². The number of piperazine rings is 1.